The molecule has 118 valence electrons. The number of nitrogens with zero attached hydrogens (tertiary/aromatic N) is 1. The van der Waals surface area contributed by atoms with Crippen molar-refractivity contribution in [2.45, 2.75) is 45.1 Å². The Morgan fingerprint density at radius 3 is 2.45 bits per heavy atom. The summed E-state index contributed by atoms with van der Waals surface area (Å²) in [6.07, 6.45) is 2.48. The van der Waals surface area contributed by atoms with E-state index in [0.29, 0.717) is 0 Å². The molecule has 1 N–H and O–H groups in total. The molecule has 0 unspecified atom stereocenters. The number of hydrogen-bond donors (Lipinski definition) is 1. The van der Waals surface area contributed by atoms with E-state index in [4.69, 9.17) is 0 Å². The van der Waals surface area contributed by atoms with Gasteiger partial charge in [0.05, 0.1) is 0 Å². The molecule has 1 saturated heterocycles. The van der Waals surface area contributed by atoms with Crippen LogP contribution in [0.4, 0.5) is 0 Å². The Bertz CT molecular complexity index is 526. The van der Waals surface area contributed by atoms with E-state index in [9.17, 15) is 14.4 Å². The number of rotatable bonds is 7. The van der Waals surface area contributed by atoms with Crippen LogP contribution in [0.1, 0.15) is 38.2 Å². The molecule has 1 aliphatic heterocycles. The fraction of sp³-hybridized carbons (Fsp3) is 0.471. The second-order valence-corrected chi connectivity index (χ2v) is 5.68. The van der Waals surface area contributed by atoms with E-state index in [1.165, 1.54) is 10.5 Å². The first-order chi connectivity index (χ1) is 10.6. The number of benzene rings is 1. The van der Waals surface area contributed by atoms with Gasteiger partial charge in [-0.1, -0.05) is 30.3 Å². The minimum Gasteiger partial charge on any atom is -0.354 e. The molecule has 1 heterocycles. The van der Waals surface area contributed by atoms with Crippen LogP contribution in [0, 0.1) is 0 Å². The number of amides is 3. The summed E-state index contributed by atoms with van der Waals surface area (Å²) < 4.78 is 0. The number of likely N-dealkylation sites (tertiary alicyclic amines) is 1. The fourth-order valence-corrected chi connectivity index (χ4v) is 2.53. The molecular weight excluding hydrogens is 280 g/mol. The first-order valence-electron chi connectivity index (χ1n) is 7.72. The summed E-state index contributed by atoms with van der Waals surface area (Å²) in [5.41, 5.74) is 1.25. The molecule has 22 heavy (non-hydrogen) atoms. The fourth-order valence-electron chi connectivity index (χ4n) is 2.53. The topological polar surface area (TPSA) is 66.5 Å². The third-order valence-corrected chi connectivity index (χ3v) is 3.83. The molecule has 1 fully saturated rings. The van der Waals surface area contributed by atoms with E-state index in [-0.39, 0.29) is 49.6 Å². The summed E-state index contributed by atoms with van der Waals surface area (Å²) >= 11 is 0. The Labute approximate surface area is 130 Å². The van der Waals surface area contributed by atoms with Crippen molar-refractivity contribution in [2.24, 2.45) is 0 Å². The van der Waals surface area contributed by atoms with Gasteiger partial charge in [0, 0.05) is 31.8 Å². The van der Waals surface area contributed by atoms with Crippen LogP contribution in [0.3, 0.4) is 0 Å². The van der Waals surface area contributed by atoms with Gasteiger partial charge in [-0.2, -0.15) is 0 Å². The first-order valence-corrected chi connectivity index (χ1v) is 7.72. The monoisotopic (exact) mass is 302 g/mol. The van der Waals surface area contributed by atoms with Crippen molar-refractivity contribution in [3.63, 3.8) is 0 Å². The second-order valence-electron chi connectivity index (χ2n) is 5.68. The third kappa shape index (κ3) is 4.69. The molecular formula is C17H22N2O3. The Morgan fingerprint density at radius 2 is 1.82 bits per heavy atom. The summed E-state index contributed by atoms with van der Waals surface area (Å²) in [5.74, 6) is -0.460. The molecule has 1 aliphatic rings. The normalized spacial score (nSPS) is 16.0. The standard InChI is InChI=1S/C17H22N2O3/c1-13(7-8-14-5-3-2-4-6-14)18-15(20)11-12-19-16(21)9-10-17(19)22/h2-6,13H,7-12H2,1H3,(H,18,20)/t13-/m1/s1. The molecule has 3 amide bonds. The highest BCUT2D eigenvalue weighted by atomic mass is 16.2. The van der Waals surface area contributed by atoms with E-state index in [2.05, 4.69) is 17.4 Å². The molecule has 0 aromatic heterocycles. The molecule has 5 heteroatoms. The molecule has 5 nitrogen and oxygen atoms in total. The minimum atomic E-state index is -0.171. The van der Waals surface area contributed by atoms with Crippen LogP contribution in [0.25, 0.3) is 0 Å². The Hall–Kier alpha value is -2.17. The lowest BCUT2D eigenvalue weighted by molar-refractivity contribution is -0.138. The maximum atomic E-state index is 11.9. The number of imide groups is 1. The largest absolute Gasteiger partial charge is 0.354 e. The predicted molar refractivity (Wildman–Crippen MR) is 82.9 cm³/mol. The van der Waals surface area contributed by atoms with Gasteiger partial charge in [0.25, 0.3) is 0 Å². The molecule has 0 saturated carbocycles. The lowest BCUT2D eigenvalue weighted by Crippen LogP contribution is -2.37. The number of carbonyl (C=O) groups is 3. The van der Waals surface area contributed by atoms with Crippen LogP contribution >= 0.6 is 0 Å². The molecule has 1 atom stereocenters. The average molecular weight is 302 g/mol. The maximum absolute atomic E-state index is 11.9. The lowest BCUT2D eigenvalue weighted by Gasteiger charge is -2.16. The minimum absolute atomic E-state index is 0.0673. The number of hydrogen-bond acceptors (Lipinski definition) is 3. The van der Waals surface area contributed by atoms with Gasteiger partial charge >= 0.3 is 0 Å². The first kappa shape index (κ1) is 16.2. The van der Waals surface area contributed by atoms with Gasteiger partial charge in [0.2, 0.25) is 17.7 Å². The molecule has 1 aromatic rings. The van der Waals surface area contributed by atoms with Gasteiger partial charge in [0.1, 0.15) is 0 Å². The van der Waals surface area contributed by atoms with Crippen LogP contribution in [0.15, 0.2) is 30.3 Å². The summed E-state index contributed by atoms with van der Waals surface area (Å²) in [6.45, 7) is 2.15. The predicted octanol–water partition coefficient (Wildman–Crippen LogP) is 1.66. The van der Waals surface area contributed by atoms with Crippen molar-refractivity contribution in [3.8, 4) is 0 Å². The van der Waals surface area contributed by atoms with Crippen LogP contribution < -0.4 is 5.32 Å². The van der Waals surface area contributed by atoms with Gasteiger partial charge in [-0.15, -0.1) is 0 Å². The molecule has 0 radical (unpaired) electrons. The number of aryl methyl sites for hydroxylation is 1. The summed E-state index contributed by atoms with van der Waals surface area (Å²) in [7, 11) is 0. The Morgan fingerprint density at radius 1 is 1.18 bits per heavy atom. The maximum Gasteiger partial charge on any atom is 0.229 e. The van der Waals surface area contributed by atoms with E-state index in [1.807, 2.05) is 25.1 Å². The Balaban J connectivity index is 1.68. The number of nitrogens with one attached hydrogen (secondary N) is 1. The van der Waals surface area contributed by atoms with Crippen molar-refractivity contribution in [1.29, 1.82) is 0 Å². The van der Waals surface area contributed by atoms with Crippen LogP contribution in [-0.2, 0) is 20.8 Å². The highest BCUT2D eigenvalue weighted by Gasteiger charge is 2.28. The average Bonchev–Trinajstić information content (AvgIpc) is 2.83. The molecule has 0 spiro atoms. The zero-order chi connectivity index (χ0) is 15.9. The zero-order valence-corrected chi connectivity index (χ0v) is 12.9. The highest BCUT2D eigenvalue weighted by Crippen LogP contribution is 2.12. The van der Waals surface area contributed by atoms with Crippen LogP contribution in [-0.4, -0.2) is 35.2 Å². The van der Waals surface area contributed by atoms with Gasteiger partial charge in [-0.3, -0.25) is 19.3 Å². The SMILES string of the molecule is C[C@H](CCc1ccccc1)NC(=O)CCN1C(=O)CCC1=O. The second kappa shape index (κ2) is 7.73. The van der Waals surface area contributed by atoms with Gasteiger partial charge < -0.3 is 5.32 Å². The molecule has 2 rings (SSSR count). The lowest BCUT2D eigenvalue weighted by atomic mass is 10.1. The molecule has 0 bridgehead atoms. The highest BCUT2D eigenvalue weighted by molar-refractivity contribution is 6.02. The van der Waals surface area contributed by atoms with Gasteiger partial charge in [0.15, 0.2) is 0 Å². The van der Waals surface area contributed by atoms with Gasteiger partial charge in [-0.05, 0) is 25.3 Å². The van der Waals surface area contributed by atoms with Crippen molar-refractivity contribution in [1.82, 2.24) is 10.2 Å². The Kier molecular flexibility index (Phi) is 5.69. The van der Waals surface area contributed by atoms with Crippen molar-refractivity contribution in [3.05, 3.63) is 35.9 Å². The zero-order valence-electron chi connectivity index (χ0n) is 12.9. The third-order valence-electron chi connectivity index (χ3n) is 3.83. The van der Waals surface area contributed by atoms with E-state index < -0.39 is 0 Å². The molecule has 0 aliphatic carbocycles. The van der Waals surface area contributed by atoms with Crippen molar-refractivity contribution < 1.29 is 14.4 Å². The van der Waals surface area contributed by atoms with Crippen molar-refractivity contribution >= 4 is 17.7 Å². The van der Waals surface area contributed by atoms with Crippen LogP contribution in [0.2, 0.25) is 0 Å². The van der Waals surface area contributed by atoms with Crippen molar-refractivity contribution in [2.75, 3.05) is 6.54 Å². The molecule has 1 aromatic carbocycles. The van der Waals surface area contributed by atoms with E-state index >= 15 is 0 Å². The smallest absolute Gasteiger partial charge is 0.229 e. The van der Waals surface area contributed by atoms with E-state index in [1.54, 1.807) is 0 Å². The van der Waals surface area contributed by atoms with E-state index in [0.717, 1.165) is 12.8 Å². The summed E-state index contributed by atoms with van der Waals surface area (Å²) in [4.78, 5) is 36.0. The summed E-state index contributed by atoms with van der Waals surface area (Å²) in [5, 5.41) is 2.92. The number of carbonyl (C=O) groups excluding carboxylic acids is 3. The quantitative estimate of drug-likeness (QED) is 0.779. The van der Waals surface area contributed by atoms with Gasteiger partial charge in [-0.25, -0.2) is 0 Å². The van der Waals surface area contributed by atoms with Crippen LogP contribution in [0.5, 0.6) is 0 Å². The summed E-state index contributed by atoms with van der Waals surface area (Å²) in [6, 6.07) is 10.2.